The van der Waals surface area contributed by atoms with Crippen molar-refractivity contribution in [2.24, 2.45) is 0 Å². The first-order valence-electron chi connectivity index (χ1n) is 6.18. The number of allylic oxidation sites excluding steroid dienone is 1. The van der Waals surface area contributed by atoms with Crippen LogP contribution in [0, 0.1) is 0 Å². The van der Waals surface area contributed by atoms with Crippen LogP contribution in [0.4, 0.5) is 0 Å². The molecule has 1 N–H and O–H groups in total. The monoisotopic (exact) mass is 238 g/mol. The van der Waals surface area contributed by atoms with E-state index >= 15 is 0 Å². The average molecular weight is 238 g/mol. The SMILES string of the molecule is C=CC(C)c1cccc(C(O)c2ccccc2)c1. The minimum Gasteiger partial charge on any atom is -0.384 e. The van der Waals surface area contributed by atoms with E-state index in [4.69, 9.17) is 0 Å². The van der Waals surface area contributed by atoms with Crippen LogP contribution in [0.5, 0.6) is 0 Å². The first-order chi connectivity index (χ1) is 8.72. The molecule has 0 heterocycles. The molecule has 2 unspecified atom stereocenters. The predicted molar refractivity (Wildman–Crippen MR) is 75.6 cm³/mol. The fourth-order valence-corrected chi connectivity index (χ4v) is 1.98. The molecular weight excluding hydrogens is 220 g/mol. The van der Waals surface area contributed by atoms with Crippen molar-refractivity contribution in [1.82, 2.24) is 0 Å². The first-order valence-corrected chi connectivity index (χ1v) is 6.18. The summed E-state index contributed by atoms with van der Waals surface area (Å²) in [4.78, 5) is 0. The Labute approximate surface area is 108 Å². The Morgan fingerprint density at radius 3 is 2.22 bits per heavy atom. The molecule has 1 heteroatoms. The summed E-state index contributed by atoms with van der Waals surface area (Å²) in [6.45, 7) is 5.91. The van der Waals surface area contributed by atoms with Crippen molar-refractivity contribution in [3.05, 3.63) is 83.9 Å². The van der Waals surface area contributed by atoms with Crippen LogP contribution in [0.15, 0.2) is 67.3 Å². The van der Waals surface area contributed by atoms with Gasteiger partial charge in [0.05, 0.1) is 0 Å². The number of aliphatic hydroxyl groups is 1. The normalized spacial score (nSPS) is 13.9. The molecule has 0 radical (unpaired) electrons. The molecule has 0 fully saturated rings. The molecule has 2 aromatic carbocycles. The molecule has 2 rings (SSSR count). The van der Waals surface area contributed by atoms with Crippen LogP contribution in [0.3, 0.4) is 0 Å². The van der Waals surface area contributed by atoms with E-state index in [2.05, 4.69) is 19.6 Å². The summed E-state index contributed by atoms with van der Waals surface area (Å²) < 4.78 is 0. The van der Waals surface area contributed by atoms with E-state index in [9.17, 15) is 5.11 Å². The van der Waals surface area contributed by atoms with Crippen LogP contribution in [0.1, 0.15) is 35.6 Å². The van der Waals surface area contributed by atoms with Crippen molar-refractivity contribution in [3.63, 3.8) is 0 Å². The second-order valence-corrected chi connectivity index (χ2v) is 4.51. The molecule has 0 aliphatic rings. The Balaban J connectivity index is 2.31. The molecule has 0 aliphatic carbocycles. The Morgan fingerprint density at radius 2 is 1.56 bits per heavy atom. The molecule has 1 nitrogen and oxygen atoms in total. The van der Waals surface area contributed by atoms with E-state index in [-0.39, 0.29) is 0 Å². The fourth-order valence-electron chi connectivity index (χ4n) is 1.98. The zero-order valence-corrected chi connectivity index (χ0v) is 10.6. The average Bonchev–Trinajstić information content (AvgIpc) is 2.46. The van der Waals surface area contributed by atoms with Crippen LogP contribution < -0.4 is 0 Å². The Morgan fingerprint density at radius 1 is 0.944 bits per heavy atom. The van der Waals surface area contributed by atoms with Gasteiger partial charge < -0.3 is 5.11 Å². The standard InChI is InChI=1S/C17H18O/c1-3-13(2)15-10-7-11-16(12-15)17(18)14-8-5-4-6-9-14/h3-13,17-18H,1H2,2H3. The van der Waals surface area contributed by atoms with Gasteiger partial charge in [-0.3, -0.25) is 0 Å². The zero-order chi connectivity index (χ0) is 13.0. The number of hydrogen-bond acceptors (Lipinski definition) is 1. The van der Waals surface area contributed by atoms with Gasteiger partial charge in [-0.2, -0.15) is 0 Å². The lowest BCUT2D eigenvalue weighted by atomic mass is 9.95. The van der Waals surface area contributed by atoms with Gasteiger partial charge in [0, 0.05) is 0 Å². The zero-order valence-electron chi connectivity index (χ0n) is 10.6. The topological polar surface area (TPSA) is 20.2 Å². The fraction of sp³-hybridized carbons (Fsp3) is 0.176. The van der Waals surface area contributed by atoms with Crippen molar-refractivity contribution >= 4 is 0 Å². The smallest absolute Gasteiger partial charge is 0.104 e. The van der Waals surface area contributed by atoms with Crippen LogP contribution in [-0.4, -0.2) is 5.11 Å². The number of rotatable bonds is 4. The van der Waals surface area contributed by atoms with Gasteiger partial charge in [-0.1, -0.05) is 67.6 Å². The molecule has 92 valence electrons. The summed E-state index contributed by atoms with van der Waals surface area (Å²) in [6, 6.07) is 17.8. The van der Waals surface area contributed by atoms with Gasteiger partial charge in [0.25, 0.3) is 0 Å². The molecule has 0 aliphatic heterocycles. The molecule has 2 atom stereocenters. The van der Waals surface area contributed by atoms with Crippen molar-refractivity contribution < 1.29 is 5.11 Å². The highest BCUT2D eigenvalue weighted by Crippen LogP contribution is 2.25. The van der Waals surface area contributed by atoms with Crippen LogP contribution in [-0.2, 0) is 0 Å². The van der Waals surface area contributed by atoms with Crippen molar-refractivity contribution in [2.75, 3.05) is 0 Å². The summed E-state index contributed by atoms with van der Waals surface area (Å²) in [7, 11) is 0. The van der Waals surface area contributed by atoms with Crippen LogP contribution in [0.25, 0.3) is 0 Å². The third-order valence-electron chi connectivity index (χ3n) is 3.22. The minimum atomic E-state index is -0.567. The van der Waals surface area contributed by atoms with Crippen LogP contribution in [0.2, 0.25) is 0 Å². The van der Waals surface area contributed by atoms with Gasteiger partial charge in [0.15, 0.2) is 0 Å². The van der Waals surface area contributed by atoms with Crippen molar-refractivity contribution in [1.29, 1.82) is 0 Å². The maximum atomic E-state index is 10.3. The van der Waals surface area contributed by atoms with Gasteiger partial charge in [-0.15, -0.1) is 6.58 Å². The van der Waals surface area contributed by atoms with Crippen molar-refractivity contribution in [2.45, 2.75) is 18.9 Å². The second-order valence-electron chi connectivity index (χ2n) is 4.51. The van der Waals surface area contributed by atoms with Gasteiger partial charge in [0.2, 0.25) is 0 Å². The van der Waals surface area contributed by atoms with Gasteiger partial charge in [-0.25, -0.2) is 0 Å². The molecular formula is C17H18O. The summed E-state index contributed by atoms with van der Waals surface area (Å²) in [5.41, 5.74) is 3.02. The molecule has 0 bridgehead atoms. The van der Waals surface area contributed by atoms with Crippen LogP contribution >= 0.6 is 0 Å². The molecule has 0 saturated carbocycles. The van der Waals surface area contributed by atoms with Crippen molar-refractivity contribution in [3.8, 4) is 0 Å². The minimum absolute atomic E-state index is 0.299. The molecule has 18 heavy (non-hydrogen) atoms. The largest absolute Gasteiger partial charge is 0.384 e. The lowest BCUT2D eigenvalue weighted by Gasteiger charge is -2.14. The number of hydrogen-bond donors (Lipinski definition) is 1. The quantitative estimate of drug-likeness (QED) is 0.796. The van der Waals surface area contributed by atoms with E-state index in [1.165, 1.54) is 5.56 Å². The highest BCUT2D eigenvalue weighted by Gasteiger charge is 2.11. The first kappa shape index (κ1) is 12.6. The number of benzene rings is 2. The van der Waals surface area contributed by atoms with E-state index < -0.39 is 6.10 Å². The van der Waals surface area contributed by atoms with E-state index in [0.717, 1.165) is 11.1 Å². The van der Waals surface area contributed by atoms with Gasteiger partial charge in [0.1, 0.15) is 6.10 Å². The number of aliphatic hydroxyl groups excluding tert-OH is 1. The van der Waals surface area contributed by atoms with E-state index in [1.807, 2.05) is 54.6 Å². The summed E-state index contributed by atoms with van der Waals surface area (Å²) in [6.07, 6.45) is 1.34. The van der Waals surface area contributed by atoms with Gasteiger partial charge in [-0.05, 0) is 22.6 Å². The third kappa shape index (κ3) is 2.69. The highest BCUT2D eigenvalue weighted by atomic mass is 16.3. The molecule has 2 aromatic rings. The molecule has 0 amide bonds. The Kier molecular flexibility index (Phi) is 3.96. The lowest BCUT2D eigenvalue weighted by molar-refractivity contribution is 0.220. The third-order valence-corrected chi connectivity index (χ3v) is 3.22. The predicted octanol–water partition coefficient (Wildman–Crippen LogP) is 4.06. The summed E-state index contributed by atoms with van der Waals surface area (Å²) >= 11 is 0. The van der Waals surface area contributed by atoms with E-state index in [1.54, 1.807) is 0 Å². The van der Waals surface area contributed by atoms with E-state index in [0.29, 0.717) is 5.92 Å². The molecule has 0 saturated heterocycles. The maximum Gasteiger partial charge on any atom is 0.104 e. The maximum absolute atomic E-state index is 10.3. The summed E-state index contributed by atoms with van der Waals surface area (Å²) in [5.74, 6) is 0.299. The molecule has 0 aromatic heterocycles. The Bertz CT molecular complexity index is 516. The van der Waals surface area contributed by atoms with Gasteiger partial charge >= 0.3 is 0 Å². The highest BCUT2D eigenvalue weighted by molar-refractivity contribution is 5.34. The summed E-state index contributed by atoms with van der Waals surface area (Å²) in [5, 5.41) is 10.3. The molecule has 0 spiro atoms. The Hall–Kier alpha value is -1.86. The second kappa shape index (κ2) is 5.65. The lowest BCUT2D eigenvalue weighted by Crippen LogP contribution is -2.00.